The molecule has 0 fully saturated rings. The Balaban J connectivity index is 2.20. The fraction of sp³-hybridized carbons (Fsp3) is 0.278. The first kappa shape index (κ1) is 16.7. The molecule has 3 N–H and O–H groups in total. The smallest absolute Gasteiger partial charge is 0.268 e. The van der Waals surface area contributed by atoms with Crippen LogP contribution < -0.4 is 10.6 Å². The maximum atomic E-state index is 13.1. The Morgan fingerprint density at radius 2 is 2.20 bits per heavy atom. The Bertz CT molecular complexity index is 895. The van der Waals surface area contributed by atoms with Crippen molar-refractivity contribution < 1.29 is 9.90 Å². The van der Waals surface area contributed by atoms with Crippen LogP contribution in [0.1, 0.15) is 23.2 Å². The zero-order chi connectivity index (χ0) is 18.2. The zero-order valence-electron chi connectivity index (χ0n) is 13.9. The van der Waals surface area contributed by atoms with Gasteiger partial charge in [0, 0.05) is 12.1 Å². The summed E-state index contributed by atoms with van der Waals surface area (Å²) in [6.45, 7) is 5.95. The van der Waals surface area contributed by atoms with Crippen molar-refractivity contribution in [1.29, 1.82) is 5.26 Å². The second-order valence-corrected chi connectivity index (χ2v) is 5.91. The van der Waals surface area contributed by atoms with Gasteiger partial charge >= 0.3 is 0 Å². The third kappa shape index (κ3) is 2.30. The van der Waals surface area contributed by atoms with E-state index >= 15 is 0 Å². The molecular weight excluding hydrogens is 318 g/mol. The number of nitrogens with two attached hydrogens (primary N) is 1. The average Bonchev–Trinajstić information content (AvgIpc) is 3.00. The van der Waals surface area contributed by atoms with E-state index in [0.29, 0.717) is 23.5 Å². The summed E-state index contributed by atoms with van der Waals surface area (Å²) in [5, 5.41) is 24.5. The molecule has 7 heteroatoms. The number of nitriles is 1. The number of nitrogens with zero attached hydrogens (tertiary/aromatic N) is 4. The Hall–Kier alpha value is -3.11. The molecule has 128 valence electrons. The number of carbonyl (C=O) groups excluding carboxylic acids is 1. The second kappa shape index (κ2) is 6.07. The van der Waals surface area contributed by atoms with E-state index in [1.807, 2.05) is 6.07 Å². The monoisotopic (exact) mass is 337 g/mol. The molecule has 1 aromatic carbocycles. The molecule has 1 aliphatic heterocycles. The molecule has 0 unspecified atom stereocenters. The fourth-order valence-corrected chi connectivity index (χ4v) is 3.36. The topological polar surface area (TPSA) is 108 Å². The number of aromatic nitrogens is 2. The van der Waals surface area contributed by atoms with E-state index in [4.69, 9.17) is 11.0 Å². The standard InChI is InChI=1S/C18H19N5O2/c1-3-10-22-14-8-5-4-7-13(14)18(25,17(22)24)15-12(2)21-23(16(15)20)11-6-9-19/h3-5,7-8,25H,1,6,10-11,20H2,2H3/t18-/m1/s1. The number of hydrogen-bond acceptors (Lipinski definition) is 5. The van der Waals surface area contributed by atoms with Gasteiger partial charge < -0.3 is 15.7 Å². The molecule has 2 heterocycles. The molecule has 2 aromatic rings. The number of hydrogen-bond donors (Lipinski definition) is 2. The summed E-state index contributed by atoms with van der Waals surface area (Å²) < 4.78 is 1.46. The number of nitrogen functional groups attached to an aromatic ring is 1. The summed E-state index contributed by atoms with van der Waals surface area (Å²) in [7, 11) is 0. The van der Waals surface area contributed by atoms with Crippen LogP contribution in [-0.4, -0.2) is 27.3 Å². The molecule has 0 saturated carbocycles. The highest BCUT2D eigenvalue weighted by atomic mass is 16.3. The van der Waals surface area contributed by atoms with Crippen LogP contribution >= 0.6 is 0 Å². The highest BCUT2D eigenvalue weighted by Gasteiger charge is 2.53. The van der Waals surface area contributed by atoms with Crippen molar-refractivity contribution in [3.05, 3.63) is 53.7 Å². The van der Waals surface area contributed by atoms with Crippen LogP contribution in [-0.2, 0) is 16.9 Å². The minimum Gasteiger partial charge on any atom is -0.384 e. The lowest BCUT2D eigenvalue weighted by molar-refractivity contribution is -0.132. The number of aliphatic hydroxyl groups is 1. The van der Waals surface area contributed by atoms with Crippen molar-refractivity contribution in [1.82, 2.24) is 9.78 Å². The summed E-state index contributed by atoms with van der Waals surface area (Å²) in [6, 6.07) is 9.09. The lowest BCUT2D eigenvalue weighted by Crippen LogP contribution is -2.42. The third-order valence-electron chi connectivity index (χ3n) is 4.41. The molecule has 0 radical (unpaired) electrons. The number of anilines is 2. The molecule has 7 nitrogen and oxygen atoms in total. The van der Waals surface area contributed by atoms with Gasteiger partial charge in [0.25, 0.3) is 5.91 Å². The van der Waals surface area contributed by atoms with Gasteiger partial charge in [0.2, 0.25) is 5.60 Å². The maximum Gasteiger partial charge on any atom is 0.268 e. The number of rotatable bonds is 5. The lowest BCUT2D eigenvalue weighted by Gasteiger charge is -2.23. The van der Waals surface area contributed by atoms with Crippen molar-refractivity contribution in [3.63, 3.8) is 0 Å². The van der Waals surface area contributed by atoms with Gasteiger partial charge in [-0.15, -0.1) is 6.58 Å². The van der Waals surface area contributed by atoms with Gasteiger partial charge in [-0.2, -0.15) is 10.4 Å². The highest BCUT2D eigenvalue weighted by molar-refractivity contribution is 6.10. The summed E-state index contributed by atoms with van der Waals surface area (Å²) in [4.78, 5) is 14.6. The molecule has 1 aliphatic rings. The molecule has 0 aliphatic carbocycles. The van der Waals surface area contributed by atoms with Gasteiger partial charge in [0.15, 0.2) is 0 Å². The molecule has 25 heavy (non-hydrogen) atoms. The van der Waals surface area contributed by atoms with Crippen molar-refractivity contribution in [2.45, 2.75) is 25.5 Å². The second-order valence-electron chi connectivity index (χ2n) is 5.91. The van der Waals surface area contributed by atoms with Crippen LogP contribution in [0.4, 0.5) is 11.5 Å². The first-order valence-corrected chi connectivity index (χ1v) is 7.91. The van der Waals surface area contributed by atoms with Crippen molar-refractivity contribution in [2.24, 2.45) is 0 Å². The summed E-state index contributed by atoms with van der Waals surface area (Å²) in [6.07, 6.45) is 1.84. The predicted molar refractivity (Wildman–Crippen MR) is 93.6 cm³/mol. The molecule has 0 bridgehead atoms. The van der Waals surface area contributed by atoms with Crippen LogP contribution in [0.5, 0.6) is 0 Å². The molecule has 1 atom stereocenters. The normalized spacial score (nSPS) is 18.9. The summed E-state index contributed by atoms with van der Waals surface area (Å²) in [5.74, 6) is -0.290. The number of carbonyl (C=O) groups is 1. The minimum atomic E-state index is -1.90. The van der Waals surface area contributed by atoms with Crippen LogP contribution in [0.15, 0.2) is 36.9 Å². The van der Waals surface area contributed by atoms with E-state index in [1.54, 1.807) is 37.3 Å². The van der Waals surface area contributed by atoms with E-state index in [0.717, 1.165) is 0 Å². The van der Waals surface area contributed by atoms with Crippen LogP contribution in [0.3, 0.4) is 0 Å². The molecule has 1 aromatic heterocycles. The largest absolute Gasteiger partial charge is 0.384 e. The molecule has 0 saturated heterocycles. The zero-order valence-corrected chi connectivity index (χ0v) is 13.9. The predicted octanol–water partition coefficient (Wildman–Crippen LogP) is 1.46. The van der Waals surface area contributed by atoms with Gasteiger partial charge in [-0.05, 0) is 13.0 Å². The number of para-hydroxylation sites is 1. The van der Waals surface area contributed by atoms with E-state index in [9.17, 15) is 9.90 Å². The van der Waals surface area contributed by atoms with E-state index in [1.165, 1.54) is 9.58 Å². The van der Waals surface area contributed by atoms with E-state index in [-0.39, 0.29) is 24.3 Å². The van der Waals surface area contributed by atoms with Gasteiger partial charge in [0.05, 0.1) is 36.0 Å². The average molecular weight is 337 g/mol. The van der Waals surface area contributed by atoms with Crippen molar-refractivity contribution in [3.8, 4) is 6.07 Å². The van der Waals surface area contributed by atoms with Crippen molar-refractivity contribution in [2.75, 3.05) is 17.2 Å². The Labute approximate surface area is 145 Å². The lowest BCUT2D eigenvalue weighted by atomic mass is 9.87. The molecule has 0 spiro atoms. The maximum absolute atomic E-state index is 13.1. The third-order valence-corrected chi connectivity index (χ3v) is 4.41. The highest BCUT2D eigenvalue weighted by Crippen LogP contribution is 2.46. The minimum absolute atomic E-state index is 0.193. The molecule has 1 amide bonds. The summed E-state index contributed by atoms with van der Waals surface area (Å²) >= 11 is 0. The van der Waals surface area contributed by atoms with Gasteiger partial charge in [-0.1, -0.05) is 24.3 Å². The van der Waals surface area contributed by atoms with Crippen LogP contribution in [0.2, 0.25) is 0 Å². The number of amides is 1. The first-order valence-electron chi connectivity index (χ1n) is 7.91. The SMILES string of the molecule is C=CCN1C(=O)[C@](O)(c2c(C)nn(CCC#N)c2N)c2ccccc21. The Kier molecular flexibility index (Phi) is 4.07. The Morgan fingerprint density at radius 3 is 2.88 bits per heavy atom. The van der Waals surface area contributed by atoms with Gasteiger partial charge in [-0.25, -0.2) is 4.68 Å². The van der Waals surface area contributed by atoms with Gasteiger partial charge in [0.1, 0.15) is 5.82 Å². The number of benzene rings is 1. The van der Waals surface area contributed by atoms with Gasteiger partial charge in [-0.3, -0.25) is 4.79 Å². The van der Waals surface area contributed by atoms with E-state index < -0.39 is 11.5 Å². The number of aryl methyl sites for hydroxylation is 2. The van der Waals surface area contributed by atoms with Crippen LogP contribution in [0.25, 0.3) is 0 Å². The molecule has 3 rings (SSSR count). The first-order chi connectivity index (χ1) is 12.0. The Morgan fingerprint density at radius 1 is 1.48 bits per heavy atom. The summed E-state index contributed by atoms with van der Waals surface area (Å²) in [5.41, 5.74) is 6.11. The molecular formula is C18H19N5O2. The van der Waals surface area contributed by atoms with E-state index in [2.05, 4.69) is 11.7 Å². The van der Waals surface area contributed by atoms with Crippen molar-refractivity contribution >= 4 is 17.4 Å². The quantitative estimate of drug-likeness (QED) is 0.803. The van der Waals surface area contributed by atoms with Crippen LogP contribution in [0, 0.1) is 18.3 Å². The number of fused-ring (bicyclic) bond motifs is 1. The fourth-order valence-electron chi connectivity index (χ4n) is 3.36.